The molecule has 0 fully saturated rings. The number of hydrogen-bond acceptors (Lipinski definition) is 8. The number of nitrogens with zero attached hydrogens (tertiary/aromatic N) is 3. The number of hydrogen-bond donors (Lipinski definition) is 1. The number of carbonyl (C=O) groups is 1. The second kappa shape index (κ2) is 8.59. The summed E-state index contributed by atoms with van der Waals surface area (Å²) in [7, 11) is 4.55. The molecular formula is C20H22N4O5. The summed E-state index contributed by atoms with van der Waals surface area (Å²) in [6.45, 7) is 3.77. The minimum absolute atomic E-state index is 0.228. The van der Waals surface area contributed by atoms with Crippen LogP contribution >= 0.6 is 0 Å². The average molecular weight is 398 g/mol. The lowest BCUT2D eigenvalue weighted by Gasteiger charge is -2.13. The zero-order valence-electron chi connectivity index (χ0n) is 16.9. The van der Waals surface area contributed by atoms with Crippen molar-refractivity contribution in [2.24, 2.45) is 0 Å². The quantitative estimate of drug-likeness (QED) is 0.647. The third kappa shape index (κ3) is 4.13. The first-order chi connectivity index (χ1) is 14.0. The third-order valence-corrected chi connectivity index (χ3v) is 4.28. The van der Waals surface area contributed by atoms with E-state index in [1.165, 1.54) is 21.3 Å². The highest BCUT2D eigenvalue weighted by Crippen LogP contribution is 2.42. The van der Waals surface area contributed by atoms with Crippen LogP contribution in [0.3, 0.4) is 0 Å². The third-order valence-electron chi connectivity index (χ3n) is 4.28. The SMILES string of the molecule is COc1cc(-c2onc(C)c2C(=O)NCc2cnc(C)cn2)cc(OC)c1OC. The number of methoxy groups -OCH3 is 3. The molecule has 0 saturated heterocycles. The Morgan fingerprint density at radius 3 is 2.28 bits per heavy atom. The van der Waals surface area contributed by atoms with Gasteiger partial charge in [0.15, 0.2) is 17.3 Å². The van der Waals surface area contributed by atoms with Crippen LogP contribution in [-0.2, 0) is 6.54 Å². The molecule has 0 aliphatic heterocycles. The number of rotatable bonds is 7. The number of aromatic nitrogens is 3. The highest BCUT2D eigenvalue weighted by atomic mass is 16.5. The molecule has 0 aliphatic carbocycles. The molecule has 3 rings (SSSR count). The number of benzene rings is 1. The molecule has 0 bridgehead atoms. The molecule has 2 aromatic heterocycles. The summed E-state index contributed by atoms with van der Waals surface area (Å²) >= 11 is 0. The van der Waals surface area contributed by atoms with Crippen LogP contribution in [0.15, 0.2) is 29.0 Å². The first-order valence-corrected chi connectivity index (χ1v) is 8.80. The van der Waals surface area contributed by atoms with Crippen molar-refractivity contribution in [1.82, 2.24) is 20.4 Å². The van der Waals surface area contributed by atoms with Crippen molar-refractivity contribution < 1.29 is 23.5 Å². The van der Waals surface area contributed by atoms with Gasteiger partial charge in [-0.3, -0.25) is 14.8 Å². The average Bonchev–Trinajstić information content (AvgIpc) is 3.13. The van der Waals surface area contributed by atoms with Gasteiger partial charge < -0.3 is 24.1 Å². The smallest absolute Gasteiger partial charge is 0.257 e. The fraction of sp³-hybridized carbons (Fsp3) is 0.300. The van der Waals surface area contributed by atoms with Crippen LogP contribution in [0, 0.1) is 13.8 Å². The van der Waals surface area contributed by atoms with Crippen LogP contribution < -0.4 is 19.5 Å². The fourth-order valence-corrected chi connectivity index (χ4v) is 2.82. The van der Waals surface area contributed by atoms with Crippen molar-refractivity contribution in [3.8, 4) is 28.6 Å². The maximum Gasteiger partial charge on any atom is 0.257 e. The Hall–Kier alpha value is -3.62. The molecule has 9 heteroatoms. The van der Waals surface area contributed by atoms with Crippen LogP contribution in [0.5, 0.6) is 17.2 Å². The van der Waals surface area contributed by atoms with Crippen LogP contribution in [0.25, 0.3) is 11.3 Å². The Balaban J connectivity index is 1.93. The van der Waals surface area contributed by atoms with Crippen molar-refractivity contribution in [3.63, 3.8) is 0 Å². The van der Waals surface area contributed by atoms with Crippen LogP contribution in [0.4, 0.5) is 0 Å². The monoisotopic (exact) mass is 398 g/mol. The van der Waals surface area contributed by atoms with E-state index in [1.807, 2.05) is 6.92 Å². The van der Waals surface area contributed by atoms with E-state index in [-0.39, 0.29) is 12.5 Å². The number of carbonyl (C=O) groups excluding carboxylic acids is 1. The van der Waals surface area contributed by atoms with Gasteiger partial charge >= 0.3 is 0 Å². The van der Waals surface area contributed by atoms with Gasteiger partial charge in [-0.05, 0) is 26.0 Å². The van der Waals surface area contributed by atoms with Gasteiger partial charge in [0, 0.05) is 11.8 Å². The maximum atomic E-state index is 12.8. The van der Waals surface area contributed by atoms with Gasteiger partial charge in [-0.1, -0.05) is 5.16 Å². The number of aryl methyl sites for hydroxylation is 2. The minimum atomic E-state index is -0.338. The summed E-state index contributed by atoms with van der Waals surface area (Å²) < 4.78 is 21.6. The van der Waals surface area contributed by atoms with E-state index >= 15 is 0 Å². The maximum absolute atomic E-state index is 12.8. The molecule has 0 spiro atoms. The second-order valence-corrected chi connectivity index (χ2v) is 6.22. The van der Waals surface area contributed by atoms with Gasteiger partial charge in [-0.15, -0.1) is 0 Å². The standard InChI is InChI=1S/C20H22N4O5/c1-11-8-22-14(9-21-11)10-23-20(25)17-12(2)24-29-18(17)13-6-15(26-3)19(28-5)16(7-13)27-4/h6-9H,10H2,1-5H3,(H,23,25). The van der Waals surface area contributed by atoms with Crippen molar-refractivity contribution >= 4 is 5.91 Å². The van der Waals surface area contributed by atoms with Gasteiger partial charge in [0.05, 0.1) is 51.2 Å². The van der Waals surface area contributed by atoms with Crippen molar-refractivity contribution in [3.05, 3.63) is 47.2 Å². The van der Waals surface area contributed by atoms with Crippen LogP contribution in [0.2, 0.25) is 0 Å². The van der Waals surface area contributed by atoms with E-state index in [0.29, 0.717) is 45.5 Å². The molecule has 3 aromatic rings. The highest BCUT2D eigenvalue weighted by molar-refractivity contribution is 6.00. The van der Waals surface area contributed by atoms with Crippen molar-refractivity contribution in [2.45, 2.75) is 20.4 Å². The molecule has 2 heterocycles. The number of ether oxygens (including phenoxy) is 3. The summed E-state index contributed by atoms with van der Waals surface area (Å²) in [6.07, 6.45) is 3.27. The Bertz CT molecular complexity index is 989. The van der Waals surface area contributed by atoms with E-state index in [1.54, 1.807) is 31.5 Å². The summed E-state index contributed by atoms with van der Waals surface area (Å²) in [5.41, 5.74) is 2.80. The summed E-state index contributed by atoms with van der Waals surface area (Å²) in [5, 5.41) is 6.78. The Labute approximate surface area is 168 Å². The Morgan fingerprint density at radius 1 is 1.03 bits per heavy atom. The van der Waals surface area contributed by atoms with Crippen molar-refractivity contribution in [2.75, 3.05) is 21.3 Å². The second-order valence-electron chi connectivity index (χ2n) is 6.22. The van der Waals surface area contributed by atoms with Gasteiger partial charge in [0.2, 0.25) is 5.75 Å². The number of nitrogens with one attached hydrogen (secondary N) is 1. The summed E-state index contributed by atoms with van der Waals surface area (Å²) in [4.78, 5) is 21.3. The molecule has 1 N–H and O–H groups in total. The normalized spacial score (nSPS) is 10.5. The largest absolute Gasteiger partial charge is 0.493 e. The molecule has 0 radical (unpaired) electrons. The molecule has 1 amide bonds. The van der Waals surface area contributed by atoms with Crippen molar-refractivity contribution in [1.29, 1.82) is 0 Å². The molecule has 0 atom stereocenters. The lowest BCUT2D eigenvalue weighted by Crippen LogP contribution is -2.24. The summed E-state index contributed by atoms with van der Waals surface area (Å²) in [6, 6.07) is 3.40. The molecule has 9 nitrogen and oxygen atoms in total. The predicted octanol–water partition coefficient (Wildman–Crippen LogP) is 2.70. The number of amides is 1. The zero-order valence-corrected chi connectivity index (χ0v) is 16.9. The van der Waals surface area contributed by atoms with E-state index < -0.39 is 0 Å². The van der Waals surface area contributed by atoms with Gasteiger partial charge in [-0.25, -0.2) is 0 Å². The van der Waals surface area contributed by atoms with E-state index in [4.69, 9.17) is 18.7 Å². The minimum Gasteiger partial charge on any atom is -0.493 e. The molecule has 1 aromatic carbocycles. The molecule has 152 valence electrons. The highest BCUT2D eigenvalue weighted by Gasteiger charge is 2.24. The van der Waals surface area contributed by atoms with E-state index in [2.05, 4.69) is 20.4 Å². The molecule has 29 heavy (non-hydrogen) atoms. The predicted molar refractivity (Wildman–Crippen MR) is 104 cm³/mol. The molecular weight excluding hydrogens is 376 g/mol. The summed E-state index contributed by atoms with van der Waals surface area (Å²) in [5.74, 6) is 1.29. The molecule has 0 unspecified atom stereocenters. The van der Waals surface area contributed by atoms with E-state index in [0.717, 1.165) is 5.69 Å². The van der Waals surface area contributed by atoms with Gasteiger partial charge in [0.25, 0.3) is 5.91 Å². The first kappa shape index (κ1) is 20.1. The fourth-order valence-electron chi connectivity index (χ4n) is 2.82. The van der Waals surface area contributed by atoms with Crippen LogP contribution in [0.1, 0.15) is 27.4 Å². The van der Waals surface area contributed by atoms with Gasteiger partial charge in [-0.2, -0.15) is 0 Å². The lowest BCUT2D eigenvalue weighted by atomic mass is 10.0. The molecule has 0 saturated carbocycles. The zero-order chi connectivity index (χ0) is 21.0. The molecule has 0 aliphatic rings. The van der Waals surface area contributed by atoms with Gasteiger partial charge in [0.1, 0.15) is 5.56 Å². The lowest BCUT2D eigenvalue weighted by molar-refractivity contribution is 0.0950. The van der Waals surface area contributed by atoms with Crippen LogP contribution in [-0.4, -0.2) is 42.4 Å². The van der Waals surface area contributed by atoms with E-state index in [9.17, 15) is 4.79 Å². The Kier molecular flexibility index (Phi) is 5.96. The topological polar surface area (TPSA) is 109 Å². The Morgan fingerprint density at radius 2 is 1.72 bits per heavy atom. The first-order valence-electron chi connectivity index (χ1n) is 8.80.